The second kappa shape index (κ2) is 9.02. The molecule has 0 radical (unpaired) electrons. The van der Waals surface area contributed by atoms with Gasteiger partial charge < -0.3 is 20.5 Å². The molecule has 2 rings (SSSR count). The number of nitrogens with two attached hydrogens (primary N) is 1. The van der Waals surface area contributed by atoms with E-state index in [2.05, 4.69) is 5.32 Å². The summed E-state index contributed by atoms with van der Waals surface area (Å²) in [4.78, 5) is 32.5. The van der Waals surface area contributed by atoms with E-state index in [4.69, 9.17) is 15.2 Å². The molecular formula is C17H17N3O6. The number of hydrogen-bond donors (Lipinski definition) is 2. The number of nitro groups is 1. The normalized spacial score (nSPS) is 10.0. The first kappa shape index (κ1) is 18.7. The molecule has 0 aliphatic carbocycles. The second-order valence-electron chi connectivity index (χ2n) is 5.18. The van der Waals surface area contributed by atoms with Crippen LogP contribution >= 0.6 is 0 Å². The van der Waals surface area contributed by atoms with E-state index in [-0.39, 0.29) is 31.2 Å². The molecule has 0 saturated heterocycles. The quantitative estimate of drug-likeness (QED) is 0.518. The Kier molecular flexibility index (Phi) is 6.49. The van der Waals surface area contributed by atoms with Crippen LogP contribution in [0.3, 0.4) is 0 Å². The number of anilines is 1. The maximum Gasteiger partial charge on any atom is 0.269 e. The first-order valence-corrected chi connectivity index (χ1v) is 7.62. The van der Waals surface area contributed by atoms with Crippen LogP contribution in [0.2, 0.25) is 0 Å². The van der Waals surface area contributed by atoms with E-state index in [1.807, 2.05) is 0 Å². The Morgan fingerprint density at radius 3 is 2.15 bits per heavy atom. The van der Waals surface area contributed by atoms with Gasteiger partial charge >= 0.3 is 0 Å². The second-order valence-corrected chi connectivity index (χ2v) is 5.18. The van der Waals surface area contributed by atoms with Crippen LogP contribution in [-0.2, 0) is 9.59 Å². The molecular weight excluding hydrogens is 342 g/mol. The molecule has 0 bridgehead atoms. The predicted octanol–water partition coefficient (Wildman–Crippen LogP) is 1.87. The summed E-state index contributed by atoms with van der Waals surface area (Å²) in [6, 6.07) is 12.0. The fraction of sp³-hybridized carbons (Fsp3) is 0.176. The number of nitrogens with one attached hydrogen (secondary N) is 1. The molecule has 26 heavy (non-hydrogen) atoms. The van der Waals surface area contributed by atoms with E-state index in [9.17, 15) is 19.7 Å². The molecule has 0 aromatic heterocycles. The lowest BCUT2D eigenvalue weighted by Gasteiger charge is -2.09. The first-order chi connectivity index (χ1) is 12.4. The molecule has 0 spiro atoms. The summed E-state index contributed by atoms with van der Waals surface area (Å²) in [5.74, 6) is 0.0722. The van der Waals surface area contributed by atoms with Crippen LogP contribution < -0.4 is 20.5 Å². The molecule has 2 amide bonds. The topological polar surface area (TPSA) is 134 Å². The summed E-state index contributed by atoms with van der Waals surface area (Å²) in [5, 5.41) is 13.2. The number of hydrogen-bond acceptors (Lipinski definition) is 6. The SMILES string of the molecule is NC(=O)CCOc1ccc(NC(=O)COc2ccc([N+](=O)[O-])cc2)cc1. The average molecular weight is 359 g/mol. The van der Waals surface area contributed by atoms with Gasteiger partial charge in [-0.3, -0.25) is 19.7 Å². The Labute approximate surface area is 148 Å². The summed E-state index contributed by atoms with van der Waals surface area (Å²) in [5.41, 5.74) is 5.51. The molecule has 0 atom stereocenters. The largest absolute Gasteiger partial charge is 0.493 e. The third-order valence-electron chi connectivity index (χ3n) is 3.17. The Hall–Kier alpha value is -3.62. The van der Waals surface area contributed by atoms with Crippen LogP contribution in [0.4, 0.5) is 11.4 Å². The van der Waals surface area contributed by atoms with E-state index in [0.29, 0.717) is 17.2 Å². The number of carbonyl (C=O) groups excluding carboxylic acids is 2. The molecule has 0 heterocycles. The van der Waals surface area contributed by atoms with Crippen molar-refractivity contribution in [2.24, 2.45) is 5.73 Å². The van der Waals surface area contributed by atoms with Crippen molar-refractivity contribution in [2.75, 3.05) is 18.5 Å². The van der Waals surface area contributed by atoms with Crippen molar-refractivity contribution >= 4 is 23.2 Å². The summed E-state index contributed by atoms with van der Waals surface area (Å²) in [6.45, 7) is -0.0568. The standard InChI is InChI=1S/C17H17N3O6/c18-16(21)9-10-25-14-5-1-12(2-6-14)19-17(22)11-26-15-7-3-13(4-8-15)20(23)24/h1-8H,9-11H2,(H2,18,21)(H,19,22). The molecule has 0 aliphatic heterocycles. The maximum atomic E-state index is 11.9. The van der Waals surface area contributed by atoms with Crippen molar-refractivity contribution in [3.8, 4) is 11.5 Å². The van der Waals surface area contributed by atoms with Crippen LogP contribution in [0.1, 0.15) is 6.42 Å². The van der Waals surface area contributed by atoms with Gasteiger partial charge in [-0.05, 0) is 36.4 Å². The summed E-state index contributed by atoms with van der Waals surface area (Å²) < 4.78 is 10.6. The van der Waals surface area contributed by atoms with Crippen LogP contribution in [0, 0.1) is 10.1 Å². The lowest BCUT2D eigenvalue weighted by molar-refractivity contribution is -0.384. The average Bonchev–Trinajstić information content (AvgIpc) is 2.61. The molecule has 9 nitrogen and oxygen atoms in total. The number of carbonyl (C=O) groups is 2. The molecule has 2 aromatic carbocycles. The van der Waals surface area contributed by atoms with Gasteiger partial charge in [-0.25, -0.2) is 0 Å². The number of non-ortho nitro benzene ring substituents is 1. The number of nitro benzene ring substituents is 1. The van der Waals surface area contributed by atoms with Crippen molar-refractivity contribution < 1.29 is 24.0 Å². The minimum atomic E-state index is -0.516. The summed E-state index contributed by atoms with van der Waals surface area (Å²) >= 11 is 0. The zero-order valence-electron chi connectivity index (χ0n) is 13.7. The van der Waals surface area contributed by atoms with Gasteiger partial charge in [0.25, 0.3) is 11.6 Å². The lowest BCUT2D eigenvalue weighted by atomic mass is 10.3. The molecule has 0 fully saturated rings. The van der Waals surface area contributed by atoms with E-state index >= 15 is 0 Å². The zero-order valence-corrected chi connectivity index (χ0v) is 13.7. The fourth-order valence-electron chi connectivity index (χ4n) is 1.91. The Bertz CT molecular complexity index is 774. The molecule has 9 heteroatoms. The Balaban J connectivity index is 1.78. The molecule has 3 N–H and O–H groups in total. The summed E-state index contributed by atoms with van der Waals surface area (Å²) in [6.07, 6.45) is 0.123. The van der Waals surface area contributed by atoms with Gasteiger partial charge in [-0.1, -0.05) is 0 Å². The van der Waals surface area contributed by atoms with E-state index in [0.717, 1.165) is 0 Å². The van der Waals surface area contributed by atoms with Gasteiger partial charge in [-0.15, -0.1) is 0 Å². The van der Waals surface area contributed by atoms with E-state index in [1.54, 1.807) is 24.3 Å². The van der Waals surface area contributed by atoms with Crippen LogP contribution in [0.5, 0.6) is 11.5 Å². The van der Waals surface area contributed by atoms with E-state index in [1.165, 1.54) is 24.3 Å². The predicted molar refractivity (Wildman–Crippen MR) is 93.0 cm³/mol. The van der Waals surface area contributed by atoms with Gasteiger partial charge in [0, 0.05) is 17.8 Å². The number of rotatable bonds is 9. The Morgan fingerprint density at radius 1 is 1.00 bits per heavy atom. The van der Waals surface area contributed by atoms with Crippen molar-refractivity contribution in [3.05, 3.63) is 58.6 Å². The molecule has 2 aromatic rings. The minimum Gasteiger partial charge on any atom is -0.493 e. The Morgan fingerprint density at radius 2 is 1.58 bits per heavy atom. The number of primary amides is 1. The zero-order chi connectivity index (χ0) is 18.9. The van der Waals surface area contributed by atoms with E-state index < -0.39 is 10.8 Å². The van der Waals surface area contributed by atoms with Crippen LogP contribution in [0.15, 0.2) is 48.5 Å². The number of amides is 2. The molecule has 0 unspecified atom stereocenters. The van der Waals surface area contributed by atoms with Crippen LogP contribution in [-0.4, -0.2) is 30.0 Å². The molecule has 0 aliphatic rings. The van der Waals surface area contributed by atoms with Crippen LogP contribution in [0.25, 0.3) is 0 Å². The highest BCUT2D eigenvalue weighted by Gasteiger charge is 2.07. The van der Waals surface area contributed by atoms with Gasteiger partial charge in [0.15, 0.2) is 6.61 Å². The van der Waals surface area contributed by atoms with Crippen molar-refractivity contribution in [3.63, 3.8) is 0 Å². The van der Waals surface area contributed by atoms with Gasteiger partial charge in [0.2, 0.25) is 5.91 Å². The highest BCUT2D eigenvalue weighted by Crippen LogP contribution is 2.18. The number of ether oxygens (including phenoxy) is 2. The smallest absolute Gasteiger partial charge is 0.269 e. The molecule has 0 saturated carbocycles. The highest BCUT2D eigenvalue weighted by molar-refractivity contribution is 5.91. The number of benzene rings is 2. The van der Waals surface area contributed by atoms with Crippen molar-refractivity contribution in [1.82, 2.24) is 0 Å². The molecule has 136 valence electrons. The van der Waals surface area contributed by atoms with Crippen molar-refractivity contribution in [2.45, 2.75) is 6.42 Å². The van der Waals surface area contributed by atoms with Crippen molar-refractivity contribution in [1.29, 1.82) is 0 Å². The minimum absolute atomic E-state index is 0.0556. The third kappa shape index (κ3) is 6.11. The third-order valence-corrected chi connectivity index (χ3v) is 3.17. The highest BCUT2D eigenvalue weighted by atomic mass is 16.6. The number of nitrogens with zero attached hydrogens (tertiary/aromatic N) is 1. The monoisotopic (exact) mass is 359 g/mol. The van der Waals surface area contributed by atoms with Gasteiger partial charge in [0.05, 0.1) is 18.0 Å². The van der Waals surface area contributed by atoms with Gasteiger partial charge in [0.1, 0.15) is 11.5 Å². The van der Waals surface area contributed by atoms with Gasteiger partial charge in [-0.2, -0.15) is 0 Å². The lowest BCUT2D eigenvalue weighted by Crippen LogP contribution is -2.20. The fourth-order valence-corrected chi connectivity index (χ4v) is 1.91. The maximum absolute atomic E-state index is 11.9. The summed E-state index contributed by atoms with van der Waals surface area (Å²) in [7, 11) is 0. The first-order valence-electron chi connectivity index (χ1n) is 7.62.